The molecule has 2 aromatic rings. The average Bonchev–Trinajstić information content (AvgIpc) is 2.64. The minimum absolute atomic E-state index is 0.0194. The summed E-state index contributed by atoms with van der Waals surface area (Å²) in [6, 6.07) is 4.14. The van der Waals surface area contributed by atoms with Crippen LogP contribution < -0.4 is 5.32 Å². The molecule has 2 heterocycles. The molecule has 3 heteroatoms. The van der Waals surface area contributed by atoms with Crippen LogP contribution in [0.1, 0.15) is 30.7 Å². The summed E-state index contributed by atoms with van der Waals surface area (Å²) in [5.41, 5.74) is 5.12. The summed E-state index contributed by atoms with van der Waals surface area (Å²) >= 11 is 6.19. The maximum Gasteiger partial charge on any atom is 0.0532 e. The first-order valence-electron chi connectivity index (χ1n) is 6.06. The van der Waals surface area contributed by atoms with Gasteiger partial charge in [-0.25, -0.2) is 0 Å². The van der Waals surface area contributed by atoms with Crippen molar-refractivity contribution in [3.05, 3.63) is 34.0 Å². The number of rotatable bonds is 0. The van der Waals surface area contributed by atoms with Crippen LogP contribution in [0.4, 0.5) is 0 Å². The van der Waals surface area contributed by atoms with Gasteiger partial charge in [-0.2, -0.15) is 0 Å². The second-order valence-corrected chi connectivity index (χ2v) is 5.78. The zero-order valence-corrected chi connectivity index (χ0v) is 11.2. The maximum atomic E-state index is 6.19. The van der Waals surface area contributed by atoms with Crippen LogP contribution in [0.5, 0.6) is 0 Å². The summed E-state index contributed by atoms with van der Waals surface area (Å²) in [6.07, 6.45) is 1.08. The monoisotopic (exact) mass is 248 g/mol. The normalized spacial score (nSPS) is 18.4. The van der Waals surface area contributed by atoms with Gasteiger partial charge in [-0.05, 0) is 44.4 Å². The van der Waals surface area contributed by atoms with Crippen LogP contribution in [0.25, 0.3) is 10.9 Å². The van der Waals surface area contributed by atoms with Crippen molar-refractivity contribution in [3.63, 3.8) is 0 Å². The number of H-pyrrole nitrogens is 1. The number of halogens is 1. The van der Waals surface area contributed by atoms with Crippen LogP contribution in [-0.2, 0) is 12.0 Å². The van der Waals surface area contributed by atoms with E-state index in [-0.39, 0.29) is 5.54 Å². The molecular weight excluding hydrogens is 232 g/mol. The minimum atomic E-state index is 0.0194. The van der Waals surface area contributed by atoms with E-state index < -0.39 is 0 Å². The van der Waals surface area contributed by atoms with Gasteiger partial charge in [0, 0.05) is 22.6 Å². The lowest BCUT2D eigenvalue weighted by molar-refractivity contribution is 0.374. The highest BCUT2D eigenvalue weighted by molar-refractivity contribution is 6.32. The summed E-state index contributed by atoms with van der Waals surface area (Å²) in [6.45, 7) is 7.55. The second-order valence-electron chi connectivity index (χ2n) is 5.38. The largest absolute Gasteiger partial charge is 0.356 e. The number of nitrogens with one attached hydrogen (secondary N) is 2. The van der Waals surface area contributed by atoms with E-state index in [9.17, 15) is 0 Å². The summed E-state index contributed by atoms with van der Waals surface area (Å²) in [7, 11) is 0. The molecule has 1 aromatic carbocycles. The Labute approximate surface area is 106 Å². The molecule has 0 saturated heterocycles. The third-order valence-corrected chi connectivity index (χ3v) is 4.25. The lowest BCUT2D eigenvalue weighted by Gasteiger charge is -2.31. The second kappa shape index (κ2) is 3.50. The van der Waals surface area contributed by atoms with Crippen molar-refractivity contribution in [1.29, 1.82) is 0 Å². The molecule has 0 bridgehead atoms. The van der Waals surface area contributed by atoms with E-state index in [4.69, 9.17) is 11.6 Å². The van der Waals surface area contributed by atoms with E-state index in [1.807, 2.05) is 6.07 Å². The average molecular weight is 249 g/mol. The molecule has 0 fully saturated rings. The Balaban J connectivity index is 2.37. The number of aromatic amines is 1. The molecule has 0 spiro atoms. The van der Waals surface area contributed by atoms with Crippen LogP contribution in [0, 0.1) is 6.92 Å². The van der Waals surface area contributed by atoms with E-state index in [0.717, 1.165) is 23.6 Å². The first-order valence-corrected chi connectivity index (χ1v) is 6.43. The molecule has 2 nitrogen and oxygen atoms in total. The number of aromatic nitrogens is 1. The van der Waals surface area contributed by atoms with Crippen molar-refractivity contribution in [2.45, 2.75) is 32.7 Å². The standard InChI is InChI=1S/C14H17ClN2/c1-8-11(15)5-4-9-10-6-7-16-14(2,3)13(10)17-12(8)9/h4-5,16-17H,6-7H2,1-3H3. The molecule has 0 atom stereocenters. The van der Waals surface area contributed by atoms with Crippen molar-refractivity contribution in [2.24, 2.45) is 0 Å². The van der Waals surface area contributed by atoms with Gasteiger partial charge in [-0.1, -0.05) is 17.7 Å². The van der Waals surface area contributed by atoms with Gasteiger partial charge in [0.15, 0.2) is 0 Å². The van der Waals surface area contributed by atoms with Crippen molar-refractivity contribution >= 4 is 22.5 Å². The Morgan fingerprint density at radius 3 is 2.82 bits per heavy atom. The molecular formula is C14H17ClN2. The summed E-state index contributed by atoms with van der Waals surface area (Å²) < 4.78 is 0. The number of aryl methyl sites for hydroxylation is 1. The Bertz CT molecular complexity index is 596. The summed E-state index contributed by atoms with van der Waals surface area (Å²) in [5, 5.41) is 5.71. The molecule has 1 aliphatic rings. The highest BCUT2D eigenvalue weighted by Crippen LogP contribution is 2.35. The fourth-order valence-corrected chi connectivity index (χ4v) is 2.97. The van der Waals surface area contributed by atoms with Crippen molar-refractivity contribution in [3.8, 4) is 0 Å². The SMILES string of the molecule is Cc1c(Cl)ccc2c3c([nH]c12)C(C)(C)NCC3. The Morgan fingerprint density at radius 2 is 2.06 bits per heavy atom. The van der Waals surface area contributed by atoms with Crippen LogP contribution in [0.15, 0.2) is 12.1 Å². The molecule has 17 heavy (non-hydrogen) atoms. The molecule has 3 rings (SSSR count). The Kier molecular flexibility index (Phi) is 2.29. The minimum Gasteiger partial charge on any atom is -0.356 e. The third kappa shape index (κ3) is 1.51. The molecule has 0 amide bonds. The number of benzene rings is 1. The third-order valence-electron chi connectivity index (χ3n) is 3.84. The smallest absolute Gasteiger partial charge is 0.0532 e. The van der Waals surface area contributed by atoms with Gasteiger partial charge in [0.05, 0.1) is 11.1 Å². The lowest BCUT2D eigenvalue weighted by Crippen LogP contribution is -2.42. The molecule has 2 N–H and O–H groups in total. The van der Waals surface area contributed by atoms with E-state index in [2.05, 4.69) is 37.1 Å². The summed E-state index contributed by atoms with van der Waals surface area (Å²) in [5.74, 6) is 0. The van der Waals surface area contributed by atoms with E-state index in [1.54, 1.807) is 0 Å². The van der Waals surface area contributed by atoms with E-state index in [0.29, 0.717) is 0 Å². The lowest BCUT2D eigenvalue weighted by atomic mass is 9.90. The molecule has 1 aliphatic heterocycles. The molecule has 0 aliphatic carbocycles. The molecule has 0 unspecified atom stereocenters. The van der Waals surface area contributed by atoms with E-state index >= 15 is 0 Å². The van der Waals surface area contributed by atoms with Crippen LogP contribution in [0.2, 0.25) is 5.02 Å². The van der Waals surface area contributed by atoms with Crippen LogP contribution in [-0.4, -0.2) is 11.5 Å². The number of hydrogen-bond donors (Lipinski definition) is 2. The highest BCUT2D eigenvalue weighted by atomic mass is 35.5. The summed E-state index contributed by atoms with van der Waals surface area (Å²) in [4.78, 5) is 3.57. The van der Waals surface area contributed by atoms with Crippen LogP contribution >= 0.6 is 11.6 Å². The van der Waals surface area contributed by atoms with Gasteiger partial charge in [-0.3, -0.25) is 0 Å². The van der Waals surface area contributed by atoms with Crippen molar-refractivity contribution in [2.75, 3.05) is 6.54 Å². The van der Waals surface area contributed by atoms with Gasteiger partial charge >= 0.3 is 0 Å². The first-order chi connectivity index (χ1) is 8.00. The first kappa shape index (κ1) is 11.1. The Morgan fingerprint density at radius 1 is 1.29 bits per heavy atom. The van der Waals surface area contributed by atoms with Gasteiger partial charge in [0.25, 0.3) is 0 Å². The molecule has 0 radical (unpaired) electrons. The topological polar surface area (TPSA) is 27.8 Å². The van der Waals surface area contributed by atoms with Gasteiger partial charge in [-0.15, -0.1) is 0 Å². The van der Waals surface area contributed by atoms with Gasteiger partial charge in [0.2, 0.25) is 0 Å². The predicted molar refractivity (Wildman–Crippen MR) is 72.8 cm³/mol. The molecule has 90 valence electrons. The molecule has 0 saturated carbocycles. The fraction of sp³-hybridized carbons (Fsp3) is 0.429. The zero-order chi connectivity index (χ0) is 12.2. The Hall–Kier alpha value is -0.990. The van der Waals surface area contributed by atoms with Gasteiger partial charge in [0.1, 0.15) is 0 Å². The zero-order valence-electron chi connectivity index (χ0n) is 10.4. The maximum absolute atomic E-state index is 6.19. The number of fused-ring (bicyclic) bond motifs is 3. The van der Waals surface area contributed by atoms with Crippen LogP contribution in [0.3, 0.4) is 0 Å². The quantitative estimate of drug-likeness (QED) is 0.734. The number of hydrogen-bond acceptors (Lipinski definition) is 1. The highest BCUT2D eigenvalue weighted by Gasteiger charge is 2.30. The van der Waals surface area contributed by atoms with Crippen molar-refractivity contribution < 1.29 is 0 Å². The predicted octanol–water partition coefficient (Wildman–Crippen LogP) is 3.51. The van der Waals surface area contributed by atoms with E-state index in [1.165, 1.54) is 22.2 Å². The van der Waals surface area contributed by atoms with Gasteiger partial charge < -0.3 is 10.3 Å². The van der Waals surface area contributed by atoms with Crippen molar-refractivity contribution in [1.82, 2.24) is 10.3 Å². The fourth-order valence-electron chi connectivity index (χ4n) is 2.82. The molecule has 1 aromatic heterocycles.